The Hall–Kier alpha value is -3.09. The first kappa shape index (κ1) is 52.3. The van der Waals surface area contributed by atoms with E-state index in [-0.39, 0.29) is 177 Å². The van der Waals surface area contributed by atoms with Gasteiger partial charge in [0.25, 0.3) is 0 Å². The third-order valence-corrected chi connectivity index (χ3v) is 5.52. The molecule has 0 atom stereocenters. The summed E-state index contributed by atoms with van der Waals surface area (Å²) in [4.78, 5) is 83.3. The van der Waals surface area contributed by atoms with Crippen molar-refractivity contribution < 1.29 is 212 Å². The van der Waals surface area contributed by atoms with E-state index >= 15 is 0 Å². The molecule has 0 aliphatic rings. The Labute approximate surface area is 394 Å². The molecule has 0 radical (unpaired) electrons. The number of benzene rings is 4. The predicted molar refractivity (Wildman–Crippen MR) is 154 cm³/mol. The van der Waals surface area contributed by atoms with Crippen LogP contribution < -0.4 is 148 Å². The zero-order valence-corrected chi connectivity index (χ0v) is 35.2. The van der Waals surface area contributed by atoms with E-state index < -0.39 is 47.8 Å². The van der Waals surface area contributed by atoms with Crippen molar-refractivity contribution in [3.05, 3.63) is 142 Å². The monoisotopic (exact) mass is 762 g/mol. The molecule has 0 saturated heterocycles. The molecule has 0 aliphatic carbocycles. The largest absolute Gasteiger partial charge is 1.00 e. The molecule has 16 nitrogen and oxygen atoms in total. The number of carboxylic acid groups (broad SMARTS) is 8. The van der Waals surface area contributed by atoms with Crippen molar-refractivity contribution in [2.45, 2.75) is 0 Å². The summed E-state index contributed by atoms with van der Waals surface area (Å²) < 4.78 is 0. The van der Waals surface area contributed by atoms with Gasteiger partial charge >= 0.3 is 162 Å². The van der Waals surface area contributed by atoms with E-state index in [2.05, 4.69) is 0 Å². The molecule has 4 aromatic carbocycles. The van der Waals surface area contributed by atoms with E-state index in [9.17, 15) is 53.7 Å². The SMILES string of the molecule is O=C(O)c1ccccc1C(=O)O.O=C([O-])c1ccccc1C(=O)O.O=C([O-])c1ccccc1C(=O)O.O=C([O-])c1ccccc1C(=O)O.[K+].[K+].[Na+]. The number of carboxylic acids is 8. The van der Waals surface area contributed by atoms with Gasteiger partial charge in [-0.25, -0.2) is 24.0 Å². The molecule has 5 N–H and O–H groups in total. The van der Waals surface area contributed by atoms with Crippen molar-refractivity contribution >= 4 is 47.8 Å². The molecule has 0 heterocycles. The summed E-state index contributed by atoms with van der Waals surface area (Å²) in [6.07, 6.45) is 0. The average molecular weight is 763 g/mol. The van der Waals surface area contributed by atoms with Gasteiger partial charge in [0.15, 0.2) is 0 Å². The second-order valence-corrected chi connectivity index (χ2v) is 8.57. The maximum atomic E-state index is 10.5. The summed E-state index contributed by atoms with van der Waals surface area (Å²) in [5, 5.41) is 73.7. The van der Waals surface area contributed by atoms with Gasteiger partial charge < -0.3 is 55.2 Å². The molecule has 4 aromatic rings. The average Bonchev–Trinajstić information content (AvgIpc) is 3.05. The van der Waals surface area contributed by atoms with Crippen molar-refractivity contribution in [1.82, 2.24) is 0 Å². The third kappa shape index (κ3) is 17.8. The molecule has 0 fully saturated rings. The molecule has 0 aromatic heterocycles. The van der Waals surface area contributed by atoms with Gasteiger partial charge in [-0.15, -0.1) is 0 Å². The first-order chi connectivity index (χ1) is 22.5. The molecule has 0 spiro atoms. The van der Waals surface area contributed by atoms with Crippen LogP contribution in [0.3, 0.4) is 0 Å². The third-order valence-electron chi connectivity index (χ3n) is 5.52. The molecule has 0 saturated carbocycles. The number of aromatic carboxylic acids is 8. The zero-order chi connectivity index (χ0) is 36.6. The second-order valence-electron chi connectivity index (χ2n) is 8.57. The van der Waals surface area contributed by atoms with Crippen LogP contribution in [0, 0.1) is 0 Å². The van der Waals surface area contributed by atoms with Gasteiger partial charge in [-0.05, 0) is 30.3 Å². The number of rotatable bonds is 8. The van der Waals surface area contributed by atoms with Gasteiger partial charge in [0.05, 0.1) is 45.7 Å². The van der Waals surface area contributed by atoms with E-state index in [0.29, 0.717) is 0 Å². The molecular weight excluding hydrogens is 742 g/mol. The predicted octanol–water partition coefficient (Wildman–Crippen LogP) is -8.66. The van der Waals surface area contributed by atoms with E-state index in [1.807, 2.05) is 0 Å². The Kier molecular flexibility index (Phi) is 27.3. The summed E-state index contributed by atoms with van der Waals surface area (Å²) in [6.45, 7) is 0. The van der Waals surface area contributed by atoms with Crippen molar-refractivity contribution in [1.29, 1.82) is 0 Å². The van der Waals surface area contributed by atoms with Gasteiger partial charge in [0.2, 0.25) is 0 Å². The minimum absolute atomic E-state index is 0. The van der Waals surface area contributed by atoms with Crippen LogP contribution in [0.2, 0.25) is 0 Å². The number of hydrogen-bond donors (Lipinski definition) is 5. The molecule has 0 amide bonds. The van der Waals surface area contributed by atoms with Crippen molar-refractivity contribution in [3.8, 4) is 0 Å². The molecule has 19 heteroatoms. The van der Waals surface area contributed by atoms with E-state index in [0.717, 1.165) is 0 Å². The Morgan fingerprint density at radius 2 is 0.431 bits per heavy atom. The Bertz CT molecular complexity index is 1480. The summed E-state index contributed by atoms with van der Waals surface area (Å²) in [7, 11) is 0. The zero-order valence-electron chi connectivity index (χ0n) is 27.0. The Morgan fingerprint density at radius 1 is 0.314 bits per heavy atom. The van der Waals surface area contributed by atoms with E-state index in [1.54, 1.807) is 0 Å². The second kappa shape index (κ2) is 26.7. The molecule has 0 aliphatic heterocycles. The first-order valence-corrected chi connectivity index (χ1v) is 12.7. The summed E-state index contributed by atoms with van der Waals surface area (Å²) in [5.41, 5.74) is -2.04. The van der Waals surface area contributed by atoms with Gasteiger partial charge in [0, 0.05) is 16.7 Å². The minimum Gasteiger partial charge on any atom is -0.545 e. The fourth-order valence-corrected chi connectivity index (χ4v) is 3.40. The van der Waals surface area contributed by atoms with Gasteiger partial charge in [-0.1, -0.05) is 66.7 Å². The topological polar surface area (TPSA) is 307 Å². The van der Waals surface area contributed by atoms with E-state index in [4.69, 9.17) is 25.5 Å². The standard InChI is InChI=1S/4C8H6O4.2K.Na/c4*9-7(10)5-3-1-2-4-6(5)8(11)12;;;/h4*1-4H,(H,9,10)(H,11,12);;;/q;;;;3*+1/p-3. The smallest absolute Gasteiger partial charge is 0.545 e. The molecule has 0 unspecified atom stereocenters. The molecule has 51 heavy (non-hydrogen) atoms. The van der Waals surface area contributed by atoms with Crippen LogP contribution in [0.15, 0.2) is 97.1 Å². The van der Waals surface area contributed by atoms with Crippen LogP contribution in [0.5, 0.6) is 0 Å². The number of hydrogen-bond acceptors (Lipinski definition) is 11. The van der Waals surface area contributed by atoms with E-state index in [1.165, 1.54) is 97.1 Å². The summed E-state index contributed by atoms with van der Waals surface area (Å²) in [6, 6.07) is 21.4. The van der Waals surface area contributed by atoms with Crippen LogP contribution in [0.25, 0.3) is 0 Å². The number of carbonyl (C=O) groups excluding carboxylic acids is 3. The van der Waals surface area contributed by atoms with Crippen LogP contribution in [0.1, 0.15) is 82.9 Å². The molecule has 0 bridgehead atoms. The van der Waals surface area contributed by atoms with Gasteiger partial charge in [-0.2, -0.15) is 0 Å². The van der Waals surface area contributed by atoms with Crippen molar-refractivity contribution in [2.75, 3.05) is 0 Å². The Morgan fingerprint density at radius 3 is 0.529 bits per heavy atom. The van der Waals surface area contributed by atoms with Gasteiger partial charge in [-0.3, -0.25) is 0 Å². The Balaban J connectivity index is -0.000000591. The maximum absolute atomic E-state index is 10.5. The molecule has 248 valence electrons. The summed E-state index contributed by atoms with van der Waals surface area (Å²) >= 11 is 0. The van der Waals surface area contributed by atoms with Crippen molar-refractivity contribution in [3.63, 3.8) is 0 Å². The normalized spacial score (nSPS) is 8.78. The maximum Gasteiger partial charge on any atom is 1.00 e. The first-order valence-electron chi connectivity index (χ1n) is 12.7. The van der Waals surface area contributed by atoms with Gasteiger partial charge in [0.1, 0.15) is 0 Å². The van der Waals surface area contributed by atoms with Crippen LogP contribution >= 0.6 is 0 Å². The fourth-order valence-electron chi connectivity index (χ4n) is 3.40. The van der Waals surface area contributed by atoms with Crippen molar-refractivity contribution in [2.24, 2.45) is 0 Å². The fraction of sp³-hybridized carbons (Fsp3) is 0. The van der Waals surface area contributed by atoms with Crippen LogP contribution in [-0.4, -0.2) is 73.3 Å². The molecular formula is C32H21K2NaO16. The minimum atomic E-state index is -1.48. The van der Waals surface area contributed by atoms with Crippen LogP contribution in [-0.2, 0) is 0 Å². The summed E-state index contributed by atoms with van der Waals surface area (Å²) in [5.74, 6) is -10.7. The quantitative estimate of drug-likeness (QED) is 0.104. The number of carbonyl (C=O) groups is 8. The molecule has 4 rings (SSSR count). The van der Waals surface area contributed by atoms with Crippen LogP contribution in [0.4, 0.5) is 0 Å².